The predicted octanol–water partition coefficient (Wildman–Crippen LogP) is 1.58. The molecule has 13 heavy (non-hydrogen) atoms. The first kappa shape index (κ1) is 10.5. The highest BCUT2D eigenvalue weighted by Gasteiger charge is 2.30. The molecule has 0 aliphatic heterocycles. The van der Waals surface area contributed by atoms with Crippen molar-refractivity contribution >= 4 is 5.97 Å². The largest absolute Gasteiger partial charge is 0.481 e. The van der Waals surface area contributed by atoms with Crippen molar-refractivity contribution in [1.29, 1.82) is 0 Å². The van der Waals surface area contributed by atoms with Crippen LogP contribution in [0.15, 0.2) is 0 Å². The SMILES string of the molecule is CC(C(=O)O)C(C)N(C)C1CCC1. The lowest BCUT2D eigenvalue weighted by atomic mass is 9.89. The van der Waals surface area contributed by atoms with Crippen molar-refractivity contribution in [2.75, 3.05) is 7.05 Å². The van der Waals surface area contributed by atoms with Gasteiger partial charge in [0, 0.05) is 12.1 Å². The Bertz CT molecular complexity index is 189. The van der Waals surface area contributed by atoms with Crippen molar-refractivity contribution in [2.45, 2.75) is 45.2 Å². The third-order valence-corrected chi connectivity index (χ3v) is 3.41. The standard InChI is InChI=1S/C10H19NO2/c1-7(10(12)13)8(2)11(3)9-5-4-6-9/h7-9H,4-6H2,1-3H3,(H,12,13). The van der Waals surface area contributed by atoms with Crippen molar-refractivity contribution in [3.05, 3.63) is 0 Å². The zero-order valence-electron chi connectivity index (χ0n) is 8.66. The topological polar surface area (TPSA) is 40.5 Å². The summed E-state index contributed by atoms with van der Waals surface area (Å²) >= 11 is 0. The van der Waals surface area contributed by atoms with Gasteiger partial charge in [0.2, 0.25) is 0 Å². The lowest BCUT2D eigenvalue weighted by molar-refractivity contribution is -0.143. The summed E-state index contributed by atoms with van der Waals surface area (Å²) in [5.41, 5.74) is 0. The average molecular weight is 185 g/mol. The van der Waals surface area contributed by atoms with Gasteiger partial charge in [-0.25, -0.2) is 0 Å². The highest BCUT2D eigenvalue weighted by molar-refractivity contribution is 5.70. The molecule has 3 heteroatoms. The number of carbonyl (C=O) groups is 1. The minimum Gasteiger partial charge on any atom is -0.481 e. The number of nitrogens with zero attached hydrogens (tertiary/aromatic N) is 1. The van der Waals surface area contributed by atoms with Gasteiger partial charge in [0.25, 0.3) is 0 Å². The minimum atomic E-state index is -0.696. The zero-order chi connectivity index (χ0) is 10.0. The molecular weight excluding hydrogens is 166 g/mol. The molecule has 1 rings (SSSR count). The summed E-state index contributed by atoms with van der Waals surface area (Å²) in [6.45, 7) is 3.78. The van der Waals surface area contributed by atoms with E-state index in [9.17, 15) is 4.79 Å². The van der Waals surface area contributed by atoms with Crippen molar-refractivity contribution in [3.63, 3.8) is 0 Å². The Labute approximate surface area is 79.7 Å². The number of hydrogen-bond acceptors (Lipinski definition) is 2. The first-order chi connectivity index (χ1) is 6.04. The lowest BCUT2D eigenvalue weighted by Gasteiger charge is -2.39. The smallest absolute Gasteiger partial charge is 0.307 e. The highest BCUT2D eigenvalue weighted by Crippen LogP contribution is 2.26. The van der Waals surface area contributed by atoms with Crippen LogP contribution in [0, 0.1) is 5.92 Å². The molecule has 3 nitrogen and oxygen atoms in total. The van der Waals surface area contributed by atoms with Gasteiger partial charge in [-0.1, -0.05) is 13.3 Å². The van der Waals surface area contributed by atoms with Gasteiger partial charge in [0.05, 0.1) is 5.92 Å². The molecule has 0 aromatic heterocycles. The van der Waals surface area contributed by atoms with E-state index in [0.717, 1.165) is 0 Å². The molecule has 2 atom stereocenters. The summed E-state index contributed by atoms with van der Waals surface area (Å²) in [5, 5.41) is 8.85. The van der Waals surface area contributed by atoms with Crippen molar-refractivity contribution in [3.8, 4) is 0 Å². The van der Waals surface area contributed by atoms with E-state index in [0.29, 0.717) is 6.04 Å². The van der Waals surface area contributed by atoms with Gasteiger partial charge in [-0.3, -0.25) is 9.69 Å². The summed E-state index contributed by atoms with van der Waals surface area (Å²) < 4.78 is 0. The Balaban J connectivity index is 2.44. The van der Waals surface area contributed by atoms with Crippen LogP contribution < -0.4 is 0 Å². The molecule has 0 aromatic carbocycles. The second kappa shape index (κ2) is 4.09. The summed E-state index contributed by atoms with van der Waals surface area (Å²) in [4.78, 5) is 13.0. The Hall–Kier alpha value is -0.570. The molecule has 0 aromatic rings. The van der Waals surface area contributed by atoms with E-state index >= 15 is 0 Å². The molecule has 1 aliphatic carbocycles. The lowest BCUT2D eigenvalue weighted by Crippen LogP contribution is -2.46. The van der Waals surface area contributed by atoms with Gasteiger partial charge in [0.15, 0.2) is 0 Å². The number of carboxylic acids is 1. The molecule has 1 aliphatic rings. The van der Waals surface area contributed by atoms with Crippen LogP contribution in [-0.4, -0.2) is 35.1 Å². The molecule has 0 radical (unpaired) electrons. The molecule has 2 unspecified atom stereocenters. The molecule has 76 valence electrons. The first-order valence-electron chi connectivity index (χ1n) is 4.98. The van der Waals surface area contributed by atoms with Crippen LogP contribution in [0.1, 0.15) is 33.1 Å². The maximum atomic E-state index is 10.7. The monoisotopic (exact) mass is 185 g/mol. The van der Waals surface area contributed by atoms with Gasteiger partial charge in [0.1, 0.15) is 0 Å². The van der Waals surface area contributed by atoms with E-state index in [1.54, 1.807) is 6.92 Å². The van der Waals surface area contributed by atoms with E-state index < -0.39 is 5.97 Å². The van der Waals surface area contributed by atoms with Gasteiger partial charge in [-0.15, -0.1) is 0 Å². The summed E-state index contributed by atoms with van der Waals surface area (Å²) in [7, 11) is 2.04. The number of rotatable bonds is 4. The van der Waals surface area contributed by atoms with Gasteiger partial charge >= 0.3 is 5.97 Å². The third-order valence-electron chi connectivity index (χ3n) is 3.41. The molecule has 0 saturated heterocycles. The average Bonchev–Trinajstić information content (AvgIpc) is 1.98. The highest BCUT2D eigenvalue weighted by atomic mass is 16.4. The molecule has 0 heterocycles. The fraction of sp³-hybridized carbons (Fsp3) is 0.900. The van der Waals surface area contributed by atoms with Crippen LogP contribution in [0.25, 0.3) is 0 Å². The molecule has 1 fully saturated rings. The van der Waals surface area contributed by atoms with Crippen molar-refractivity contribution in [2.24, 2.45) is 5.92 Å². The van der Waals surface area contributed by atoms with Gasteiger partial charge in [-0.05, 0) is 26.8 Å². The van der Waals surface area contributed by atoms with Crippen LogP contribution in [0.2, 0.25) is 0 Å². The predicted molar refractivity (Wildman–Crippen MR) is 51.7 cm³/mol. The summed E-state index contributed by atoms with van der Waals surface area (Å²) in [5.74, 6) is -0.968. The van der Waals surface area contributed by atoms with Crippen LogP contribution in [0.4, 0.5) is 0 Å². The van der Waals surface area contributed by atoms with E-state index in [4.69, 9.17) is 5.11 Å². The Morgan fingerprint density at radius 2 is 2.00 bits per heavy atom. The summed E-state index contributed by atoms with van der Waals surface area (Å²) in [6, 6.07) is 0.764. The van der Waals surface area contributed by atoms with Crippen molar-refractivity contribution < 1.29 is 9.90 Å². The quantitative estimate of drug-likeness (QED) is 0.723. The Morgan fingerprint density at radius 3 is 2.31 bits per heavy atom. The van der Waals surface area contributed by atoms with Gasteiger partial charge in [-0.2, -0.15) is 0 Å². The second-order valence-electron chi connectivity index (χ2n) is 4.12. The van der Waals surface area contributed by atoms with Crippen molar-refractivity contribution in [1.82, 2.24) is 4.90 Å². The van der Waals surface area contributed by atoms with Gasteiger partial charge < -0.3 is 5.11 Å². The zero-order valence-corrected chi connectivity index (χ0v) is 8.66. The first-order valence-corrected chi connectivity index (χ1v) is 4.98. The van der Waals surface area contributed by atoms with E-state index in [1.807, 2.05) is 14.0 Å². The maximum absolute atomic E-state index is 10.7. The van der Waals surface area contributed by atoms with E-state index in [-0.39, 0.29) is 12.0 Å². The van der Waals surface area contributed by atoms with Crippen LogP contribution >= 0.6 is 0 Å². The fourth-order valence-electron chi connectivity index (χ4n) is 1.69. The molecule has 1 saturated carbocycles. The number of hydrogen-bond donors (Lipinski definition) is 1. The van der Waals surface area contributed by atoms with Crippen LogP contribution in [0.3, 0.4) is 0 Å². The van der Waals surface area contributed by atoms with E-state index in [2.05, 4.69) is 4.90 Å². The molecular formula is C10H19NO2. The number of aliphatic carboxylic acids is 1. The molecule has 0 amide bonds. The molecule has 1 N–H and O–H groups in total. The second-order valence-corrected chi connectivity index (χ2v) is 4.12. The van der Waals surface area contributed by atoms with Crippen LogP contribution in [0.5, 0.6) is 0 Å². The molecule has 0 spiro atoms. The third kappa shape index (κ3) is 2.21. The minimum absolute atomic E-state index is 0.141. The maximum Gasteiger partial charge on any atom is 0.307 e. The molecule has 0 bridgehead atoms. The van der Waals surface area contributed by atoms with Crippen LogP contribution in [-0.2, 0) is 4.79 Å². The summed E-state index contributed by atoms with van der Waals surface area (Å²) in [6.07, 6.45) is 3.75. The Morgan fingerprint density at radius 1 is 1.46 bits per heavy atom. The Kier molecular flexibility index (Phi) is 3.31. The van der Waals surface area contributed by atoms with E-state index in [1.165, 1.54) is 19.3 Å². The number of carboxylic acid groups (broad SMARTS) is 1. The normalized spacial score (nSPS) is 22.5. The fourth-order valence-corrected chi connectivity index (χ4v) is 1.69.